The topological polar surface area (TPSA) is 106 Å². The minimum absolute atomic E-state index is 0.0917. The number of nitrogens with zero attached hydrogens (tertiary/aromatic N) is 3. The SMILES string of the molecule is Cc1cc(C(=O)NC(CCOC(C)(C)C)C(=O)O)c2cnn(C(C)C)c2n1. The molecule has 8 heteroatoms. The fraction of sp³-hybridized carbons (Fsp3) is 0.579. The molecule has 148 valence electrons. The summed E-state index contributed by atoms with van der Waals surface area (Å²) >= 11 is 0. The van der Waals surface area contributed by atoms with Crippen LogP contribution in [0.25, 0.3) is 11.0 Å². The smallest absolute Gasteiger partial charge is 0.326 e. The molecule has 0 aliphatic heterocycles. The molecule has 0 aliphatic carbocycles. The Balaban J connectivity index is 2.24. The fourth-order valence-electron chi connectivity index (χ4n) is 2.69. The predicted octanol–water partition coefficient (Wildman–Crippen LogP) is 2.71. The quantitative estimate of drug-likeness (QED) is 0.769. The summed E-state index contributed by atoms with van der Waals surface area (Å²) in [6.45, 7) is 11.7. The van der Waals surface area contributed by atoms with E-state index in [1.807, 2.05) is 34.6 Å². The molecular formula is C19H28N4O4. The molecule has 2 rings (SSSR count). The number of hydrogen-bond donors (Lipinski definition) is 2. The van der Waals surface area contributed by atoms with E-state index in [1.165, 1.54) is 0 Å². The van der Waals surface area contributed by atoms with Crippen molar-refractivity contribution < 1.29 is 19.4 Å². The number of pyridine rings is 1. The predicted molar refractivity (Wildman–Crippen MR) is 102 cm³/mol. The van der Waals surface area contributed by atoms with Crippen LogP contribution >= 0.6 is 0 Å². The molecule has 2 N–H and O–H groups in total. The molecule has 0 fully saturated rings. The van der Waals surface area contributed by atoms with E-state index >= 15 is 0 Å². The van der Waals surface area contributed by atoms with Crippen LogP contribution in [0.1, 0.15) is 63.1 Å². The van der Waals surface area contributed by atoms with E-state index in [0.717, 1.165) is 0 Å². The van der Waals surface area contributed by atoms with Crippen molar-refractivity contribution in [3.05, 3.63) is 23.5 Å². The molecule has 1 atom stereocenters. The first-order chi connectivity index (χ1) is 12.5. The van der Waals surface area contributed by atoms with Gasteiger partial charge in [0.2, 0.25) is 0 Å². The van der Waals surface area contributed by atoms with Crippen molar-refractivity contribution >= 4 is 22.9 Å². The zero-order valence-electron chi connectivity index (χ0n) is 16.7. The van der Waals surface area contributed by atoms with Gasteiger partial charge in [0, 0.05) is 24.8 Å². The van der Waals surface area contributed by atoms with Gasteiger partial charge in [0.15, 0.2) is 5.65 Å². The third-order valence-electron chi connectivity index (χ3n) is 3.97. The third kappa shape index (κ3) is 5.26. The highest BCUT2D eigenvalue weighted by atomic mass is 16.5. The normalized spacial score (nSPS) is 13.1. The van der Waals surface area contributed by atoms with E-state index in [2.05, 4.69) is 15.4 Å². The van der Waals surface area contributed by atoms with Crippen molar-refractivity contribution in [2.24, 2.45) is 0 Å². The second-order valence-electron chi connectivity index (χ2n) is 7.85. The first-order valence-corrected chi connectivity index (χ1v) is 9.02. The van der Waals surface area contributed by atoms with Gasteiger partial charge < -0.3 is 15.2 Å². The third-order valence-corrected chi connectivity index (χ3v) is 3.97. The highest BCUT2D eigenvalue weighted by Gasteiger charge is 2.24. The van der Waals surface area contributed by atoms with Crippen LogP contribution < -0.4 is 5.32 Å². The van der Waals surface area contributed by atoms with Gasteiger partial charge in [-0.3, -0.25) is 4.79 Å². The highest BCUT2D eigenvalue weighted by molar-refractivity contribution is 6.06. The second-order valence-corrected chi connectivity index (χ2v) is 7.85. The largest absolute Gasteiger partial charge is 0.480 e. The average Bonchev–Trinajstić information content (AvgIpc) is 2.95. The summed E-state index contributed by atoms with van der Waals surface area (Å²) in [5.74, 6) is -1.56. The lowest BCUT2D eigenvalue weighted by atomic mass is 10.1. The molecule has 1 unspecified atom stereocenters. The molecule has 0 aromatic carbocycles. The van der Waals surface area contributed by atoms with Gasteiger partial charge in [-0.15, -0.1) is 0 Å². The van der Waals surface area contributed by atoms with Gasteiger partial charge in [-0.1, -0.05) is 0 Å². The Morgan fingerprint density at radius 3 is 2.56 bits per heavy atom. The fourth-order valence-corrected chi connectivity index (χ4v) is 2.69. The van der Waals surface area contributed by atoms with E-state index in [0.29, 0.717) is 22.3 Å². The summed E-state index contributed by atoms with van der Waals surface area (Å²) in [5, 5.41) is 16.9. The number of rotatable bonds is 7. The van der Waals surface area contributed by atoms with E-state index in [1.54, 1.807) is 23.9 Å². The lowest BCUT2D eigenvalue weighted by molar-refractivity contribution is -0.140. The van der Waals surface area contributed by atoms with Gasteiger partial charge >= 0.3 is 5.97 Å². The molecule has 0 spiro atoms. The number of carbonyl (C=O) groups excluding carboxylic acids is 1. The van der Waals surface area contributed by atoms with Crippen LogP contribution in [0.4, 0.5) is 0 Å². The Kier molecular flexibility index (Phi) is 6.20. The first-order valence-electron chi connectivity index (χ1n) is 9.02. The molecule has 2 aromatic rings. The molecule has 8 nitrogen and oxygen atoms in total. The van der Waals surface area contributed by atoms with E-state index in [-0.39, 0.29) is 24.7 Å². The van der Waals surface area contributed by atoms with E-state index in [4.69, 9.17) is 4.74 Å². The number of carboxylic acids is 1. The maximum atomic E-state index is 12.8. The number of carboxylic acid groups (broad SMARTS) is 1. The van der Waals surface area contributed by atoms with Crippen molar-refractivity contribution in [3.63, 3.8) is 0 Å². The maximum Gasteiger partial charge on any atom is 0.326 e. The number of hydrogen-bond acceptors (Lipinski definition) is 5. The van der Waals surface area contributed by atoms with Crippen molar-refractivity contribution in [3.8, 4) is 0 Å². The number of ether oxygens (including phenoxy) is 1. The van der Waals surface area contributed by atoms with Crippen LogP contribution in [0.3, 0.4) is 0 Å². The minimum atomic E-state index is -1.10. The van der Waals surface area contributed by atoms with Gasteiger partial charge in [-0.2, -0.15) is 5.10 Å². The summed E-state index contributed by atoms with van der Waals surface area (Å²) in [7, 11) is 0. The van der Waals surface area contributed by atoms with Crippen LogP contribution in [0.5, 0.6) is 0 Å². The summed E-state index contributed by atoms with van der Waals surface area (Å²) in [5.41, 5.74) is 1.27. The zero-order chi connectivity index (χ0) is 20.4. The summed E-state index contributed by atoms with van der Waals surface area (Å²) in [6, 6.07) is 0.701. The van der Waals surface area contributed by atoms with Crippen molar-refractivity contribution in [1.29, 1.82) is 0 Å². The number of aryl methyl sites for hydroxylation is 1. The second kappa shape index (κ2) is 8.04. The van der Waals surface area contributed by atoms with E-state index < -0.39 is 17.9 Å². The number of fused-ring (bicyclic) bond motifs is 1. The number of amides is 1. The van der Waals surface area contributed by atoms with E-state index in [9.17, 15) is 14.7 Å². The molecule has 0 radical (unpaired) electrons. The van der Waals surface area contributed by atoms with Gasteiger partial charge in [0.25, 0.3) is 5.91 Å². The van der Waals surface area contributed by atoms with Gasteiger partial charge in [-0.05, 0) is 47.6 Å². The summed E-state index contributed by atoms with van der Waals surface area (Å²) in [6.07, 6.45) is 1.77. The van der Waals surface area contributed by atoms with Crippen LogP contribution in [0, 0.1) is 6.92 Å². The van der Waals surface area contributed by atoms with Crippen LogP contribution in [0.15, 0.2) is 12.3 Å². The number of aliphatic carboxylic acids is 1. The molecule has 2 aromatic heterocycles. The van der Waals surface area contributed by atoms with Crippen LogP contribution in [-0.4, -0.2) is 50.0 Å². The Labute approximate surface area is 158 Å². The number of aromatic nitrogens is 3. The first kappa shape index (κ1) is 20.8. The monoisotopic (exact) mass is 376 g/mol. The van der Waals surface area contributed by atoms with Crippen LogP contribution in [-0.2, 0) is 9.53 Å². The standard InChI is InChI=1S/C19H28N4O4/c1-11(2)23-16-14(10-20-23)13(9-12(3)21-16)17(24)22-15(18(25)26)7-8-27-19(4,5)6/h9-11,15H,7-8H2,1-6H3,(H,22,24)(H,25,26). The molecule has 0 saturated heterocycles. The Morgan fingerprint density at radius 2 is 2.00 bits per heavy atom. The van der Waals surface area contributed by atoms with Gasteiger partial charge in [0.05, 0.1) is 22.7 Å². The summed E-state index contributed by atoms with van der Waals surface area (Å²) < 4.78 is 7.32. The van der Waals surface area contributed by atoms with Crippen LogP contribution in [0.2, 0.25) is 0 Å². The Morgan fingerprint density at radius 1 is 1.33 bits per heavy atom. The lowest BCUT2D eigenvalue weighted by Crippen LogP contribution is -2.42. The van der Waals surface area contributed by atoms with Gasteiger partial charge in [0.1, 0.15) is 6.04 Å². The Bertz CT molecular complexity index is 836. The highest BCUT2D eigenvalue weighted by Crippen LogP contribution is 2.21. The number of carbonyl (C=O) groups is 2. The maximum absolute atomic E-state index is 12.8. The average molecular weight is 376 g/mol. The molecule has 0 saturated carbocycles. The zero-order valence-corrected chi connectivity index (χ0v) is 16.7. The molecule has 27 heavy (non-hydrogen) atoms. The Hall–Kier alpha value is -2.48. The molecule has 0 bridgehead atoms. The molecule has 1 amide bonds. The lowest BCUT2D eigenvalue weighted by Gasteiger charge is -2.21. The van der Waals surface area contributed by atoms with Crippen molar-refractivity contribution in [2.75, 3.05) is 6.61 Å². The van der Waals surface area contributed by atoms with Crippen molar-refractivity contribution in [2.45, 2.75) is 65.6 Å². The molecule has 0 aliphatic rings. The minimum Gasteiger partial charge on any atom is -0.480 e. The van der Waals surface area contributed by atoms with Crippen molar-refractivity contribution in [1.82, 2.24) is 20.1 Å². The van der Waals surface area contributed by atoms with Gasteiger partial charge in [-0.25, -0.2) is 14.5 Å². The number of nitrogens with one attached hydrogen (secondary N) is 1. The molecular weight excluding hydrogens is 348 g/mol. The summed E-state index contributed by atoms with van der Waals surface area (Å²) in [4.78, 5) is 28.8. The molecule has 2 heterocycles.